The lowest BCUT2D eigenvalue weighted by atomic mass is 10.2. The smallest absolute Gasteiger partial charge is 0.270 e. The van der Waals surface area contributed by atoms with Gasteiger partial charge in [-0.3, -0.25) is 9.69 Å². The van der Waals surface area contributed by atoms with Crippen LogP contribution in [0.1, 0.15) is 5.56 Å². The Hall–Kier alpha value is -1.53. The zero-order valence-corrected chi connectivity index (χ0v) is 14.6. The topological polar surface area (TPSA) is 40.5 Å². The van der Waals surface area contributed by atoms with Crippen molar-refractivity contribution in [3.63, 3.8) is 0 Å². The van der Waals surface area contributed by atoms with E-state index in [-0.39, 0.29) is 11.7 Å². The van der Waals surface area contributed by atoms with Gasteiger partial charge in [0.1, 0.15) is 5.75 Å². The molecule has 0 aliphatic carbocycles. The molecule has 1 amide bonds. The molecule has 1 aliphatic rings. The Balaban J connectivity index is 1.95. The fraction of sp³-hybridized carbons (Fsp3) is 0. The fourth-order valence-corrected chi connectivity index (χ4v) is 3.67. The molecule has 1 saturated heterocycles. The quantitative estimate of drug-likeness (QED) is 0.579. The number of rotatable bonds is 2. The largest absolute Gasteiger partial charge is 0.508 e. The average Bonchev–Trinajstić information content (AvgIpc) is 2.77. The van der Waals surface area contributed by atoms with E-state index in [0.29, 0.717) is 25.0 Å². The third kappa shape index (κ3) is 3.38. The molecule has 3 nitrogen and oxygen atoms in total. The second kappa shape index (κ2) is 6.53. The molecule has 0 aromatic heterocycles. The van der Waals surface area contributed by atoms with E-state index in [0.717, 1.165) is 5.56 Å². The predicted octanol–water partition coefficient (Wildman–Crippen LogP) is 5.10. The highest BCUT2D eigenvalue weighted by molar-refractivity contribution is 8.27. The average molecular weight is 382 g/mol. The molecule has 0 unspecified atom stereocenters. The Labute approximate surface area is 152 Å². The summed E-state index contributed by atoms with van der Waals surface area (Å²) in [5, 5.41) is 10.3. The van der Waals surface area contributed by atoms with Gasteiger partial charge in [-0.1, -0.05) is 59.3 Å². The first-order chi connectivity index (χ1) is 11.0. The van der Waals surface area contributed by atoms with Crippen LogP contribution in [0, 0.1) is 0 Å². The molecule has 7 heteroatoms. The summed E-state index contributed by atoms with van der Waals surface area (Å²) in [5.74, 6) is -0.0968. The Morgan fingerprint density at radius 3 is 2.61 bits per heavy atom. The summed E-state index contributed by atoms with van der Waals surface area (Å²) in [6.45, 7) is 0. The number of carbonyl (C=O) groups excluding carboxylic acids is 1. The minimum absolute atomic E-state index is 0.138. The van der Waals surface area contributed by atoms with Crippen molar-refractivity contribution in [3.05, 3.63) is 63.0 Å². The number of thioether (sulfide) groups is 1. The van der Waals surface area contributed by atoms with Gasteiger partial charge >= 0.3 is 0 Å². The lowest BCUT2D eigenvalue weighted by molar-refractivity contribution is -0.113. The van der Waals surface area contributed by atoms with E-state index in [2.05, 4.69) is 0 Å². The van der Waals surface area contributed by atoms with Gasteiger partial charge in [0.05, 0.1) is 20.6 Å². The summed E-state index contributed by atoms with van der Waals surface area (Å²) >= 11 is 18.4. The Morgan fingerprint density at radius 1 is 1.13 bits per heavy atom. The SMILES string of the molecule is O=C1/C(=C/c2cccc(O)c2)SC(=S)N1c1ccc(Cl)c(Cl)c1. The van der Waals surface area contributed by atoms with Crippen molar-refractivity contribution in [1.29, 1.82) is 0 Å². The van der Waals surface area contributed by atoms with Crippen molar-refractivity contribution in [1.82, 2.24) is 0 Å². The second-order valence-corrected chi connectivity index (χ2v) is 7.20. The van der Waals surface area contributed by atoms with Crippen molar-refractivity contribution < 1.29 is 9.90 Å². The van der Waals surface area contributed by atoms with E-state index in [1.165, 1.54) is 16.7 Å². The summed E-state index contributed by atoms with van der Waals surface area (Å²) in [7, 11) is 0. The Bertz CT molecular complexity index is 852. The molecular weight excluding hydrogens is 373 g/mol. The van der Waals surface area contributed by atoms with Crippen LogP contribution in [0.3, 0.4) is 0 Å². The number of benzene rings is 2. The molecule has 23 heavy (non-hydrogen) atoms. The van der Waals surface area contributed by atoms with Crippen LogP contribution in [-0.4, -0.2) is 15.3 Å². The van der Waals surface area contributed by atoms with Crippen LogP contribution in [0.15, 0.2) is 47.4 Å². The van der Waals surface area contributed by atoms with Crippen LogP contribution in [0.5, 0.6) is 5.75 Å². The van der Waals surface area contributed by atoms with Gasteiger partial charge in [-0.2, -0.15) is 0 Å². The molecule has 0 radical (unpaired) electrons. The number of thiocarbonyl (C=S) groups is 1. The maximum absolute atomic E-state index is 12.6. The van der Waals surface area contributed by atoms with Crippen LogP contribution >= 0.6 is 47.2 Å². The second-order valence-electron chi connectivity index (χ2n) is 4.71. The maximum atomic E-state index is 12.6. The number of amides is 1. The van der Waals surface area contributed by atoms with Crippen molar-refractivity contribution >= 4 is 69.2 Å². The Morgan fingerprint density at radius 2 is 1.91 bits per heavy atom. The van der Waals surface area contributed by atoms with E-state index < -0.39 is 0 Å². The molecule has 0 saturated carbocycles. The number of hydrogen-bond acceptors (Lipinski definition) is 4. The highest BCUT2D eigenvalue weighted by Gasteiger charge is 2.33. The molecular formula is C16H9Cl2NO2S2. The molecule has 2 aromatic carbocycles. The van der Waals surface area contributed by atoms with Crippen LogP contribution in [0.25, 0.3) is 6.08 Å². The first-order valence-corrected chi connectivity index (χ1v) is 8.46. The summed E-state index contributed by atoms with van der Waals surface area (Å²) < 4.78 is 0.416. The van der Waals surface area contributed by atoms with Gasteiger partial charge in [-0.15, -0.1) is 0 Å². The maximum Gasteiger partial charge on any atom is 0.270 e. The van der Waals surface area contributed by atoms with E-state index in [1.54, 1.807) is 48.5 Å². The molecule has 1 fully saturated rings. The van der Waals surface area contributed by atoms with E-state index in [9.17, 15) is 9.90 Å². The zero-order valence-electron chi connectivity index (χ0n) is 11.5. The van der Waals surface area contributed by atoms with Gasteiger partial charge in [0.25, 0.3) is 5.91 Å². The summed E-state index contributed by atoms with van der Waals surface area (Å²) in [6, 6.07) is 11.6. The molecule has 0 bridgehead atoms. The van der Waals surface area contributed by atoms with Crippen molar-refractivity contribution in [3.8, 4) is 5.75 Å². The molecule has 0 atom stereocenters. The number of phenols is 1. The predicted molar refractivity (Wildman–Crippen MR) is 100 cm³/mol. The van der Waals surface area contributed by atoms with Crippen molar-refractivity contribution in [2.45, 2.75) is 0 Å². The summed E-state index contributed by atoms with van der Waals surface area (Å²) in [5.41, 5.74) is 1.29. The van der Waals surface area contributed by atoms with Gasteiger partial charge in [0.2, 0.25) is 0 Å². The number of phenolic OH excluding ortho intramolecular Hbond substituents is 1. The molecule has 0 spiro atoms. The number of halogens is 2. The zero-order chi connectivity index (χ0) is 16.6. The lowest BCUT2D eigenvalue weighted by Gasteiger charge is -2.15. The van der Waals surface area contributed by atoms with E-state index in [4.69, 9.17) is 35.4 Å². The van der Waals surface area contributed by atoms with Crippen molar-refractivity contribution in [2.75, 3.05) is 4.90 Å². The number of nitrogens with zero attached hydrogens (tertiary/aromatic N) is 1. The third-order valence-electron chi connectivity index (χ3n) is 3.12. The fourth-order valence-electron chi connectivity index (χ4n) is 2.08. The highest BCUT2D eigenvalue weighted by atomic mass is 35.5. The monoisotopic (exact) mass is 381 g/mol. The number of carbonyl (C=O) groups is 1. The molecule has 2 aromatic rings. The molecule has 1 heterocycles. The van der Waals surface area contributed by atoms with Crippen molar-refractivity contribution in [2.24, 2.45) is 0 Å². The summed E-state index contributed by atoms with van der Waals surface area (Å²) in [6.07, 6.45) is 1.69. The minimum Gasteiger partial charge on any atom is -0.508 e. The summed E-state index contributed by atoms with van der Waals surface area (Å²) in [4.78, 5) is 14.5. The van der Waals surface area contributed by atoms with Gasteiger partial charge in [0, 0.05) is 0 Å². The van der Waals surface area contributed by atoms with Crippen LogP contribution in [0.2, 0.25) is 10.0 Å². The first-order valence-electron chi connectivity index (χ1n) is 6.48. The molecule has 1 N–H and O–H groups in total. The standard InChI is InChI=1S/C16H9Cl2NO2S2/c17-12-5-4-10(8-13(12)18)19-15(21)14(23-16(19)22)7-9-2-1-3-11(20)6-9/h1-8,20H/b14-7-. The number of aromatic hydroxyl groups is 1. The Kier molecular flexibility index (Phi) is 4.64. The van der Waals surface area contributed by atoms with E-state index in [1.807, 2.05) is 0 Å². The lowest BCUT2D eigenvalue weighted by Crippen LogP contribution is -2.27. The molecule has 1 aliphatic heterocycles. The van der Waals surface area contributed by atoms with Crippen LogP contribution < -0.4 is 4.90 Å². The van der Waals surface area contributed by atoms with Crippen LogP contribution in [0.4, 0.5) is 5.69 Å². The van der Waals surface area contributed by atoms with Gasteiger partial charge in [0.15, 0.2) is 4.32 Å². The molecule has 116 valence electrons. The first kappa shape index (κ1) is 16.3. The van der Waals surface area contributed by atoms with Crippen LogP contribution in [-0.2, 0) is 4.79 Å². The molecule has 3 rings (SSSR count). The van der Waals surface area contributed by atoms with Gasteiger partial charge in [-0.05, 0) is 42.0 Å². The van der Waals surface area contributed by atoms with Gasteiger partial charge < -0.3 is 5.11 Å². The normalized spacial score (nSPS) is 16.4. The van der Waals surface area contributed by atoms with Gasteiger partial charge in [-0.25, -0.2) is 0 Å². The third-order valence-corrected chi connectivity index (χ3v) is 5.16. The van der Waals surface area contributed by atoms with E-state index >= 15 is 0 Å². The highest BCUT2D eigenvalue weighted by Crippen LogP contribution is 2.38. The number of anilines is 1. The minimum atomic E-state index is -0.235. The number of hydrogen-bond donors (Lipinski definition) is 1.